The van der Waals surface area contributed by atoms with Crippen LogP contribution in [0, 0.1) is 0 Å². The first kappa shape index (κ1) is 36.9. The number of ether oxygens (including phenoxy) is 2. The molecule has 3 amide bonds. The van der Waals surface area contributed by atoms with Gasteiger partial charge >= 0.3 is 24.5 Å². The van der Waals surface area contributed by atoms with Crippen molar-refractivity contribution in [3.05, 3.63) is 64.7 Å². The molecule has 51 heavy (non-hydrogen) atoms. The number of para-hydroxylation sites is 1. The van der Waals surface area contributed by atoms with Crippen molar-refractivity contribution in [3.63, 3.8) is 0 Å². The van der Waals surface area contributed by atoms with E-state index in [1.165, 1.54) is 4.90 Å². The highest BCUT2D eigenvalue weighted by Gasteiger charge is 2.52. The van der Waals surface area contributed by atoms with Crippen molar-refractivity contribution >= 4 is 24.1 Å². The third-order valence-corrected chi connectivity index (χ3v) is 10.6. The van der Waals surface area contributed by atoms with Gasteiger partial charge < -0.3 is 24.5 Å². The molecule has 2 atom stereocenters. The largest absolute Gasteiger partial charge is 0.445 e. The van der Waals surface area contributed by atoms with Crippen molar-refractivity contribution in [1.82, 2.24) is 19.6 Å². The Kier molecular flexibility index (Phi) is 10.8. The number of morpholine rings is 1. The predicted molar refractivity (Wildman–Crippen MR) is 173 cm³/mol. The summed E-state index contributed by atoms with van der Waals surface area (Å²) in [6.07, 6.45) is -7.97. The summed E-state index contributed by atoms with van der Waals surface area (Å²) in [5, 5.41) is 2.98. The number of nitrogens with zero attached hydrogens (tertiary/aromatic N) is 4. The number of rotatable bonds is 7. The van der Waals surface area contributed by atoms with Gasteiger partial charge in [-0.1, -0.05) is 18.2 Å². The van der Waals surface area contributed by atoms with E-state index in [1.54, 1.807) is 4.90 Å². The van der Waals surface area contributed by atoms with E-state index in [1.807, 2.05) is 24.3 Å². The number of alkyl halides is 6. The van der Waals surface area contributed by atoms with Crippen LogP contribution in [0.1, 0.15) is 54.4 Å². The molecular formula is C35H41F6N5O5. The number of likely N-dealkylation sites (tertiary alicyclic amines) is 2. The molecule has 0 saturated carbocycles. The monoisotopic (exact) mass is 725 g/mol. The Balaban J connectivity index is 1.26. The summed E-state index contributed by atoms with van der Waals surface area (Å²) < 4.78 is 92.1. The molecule has 16 heteroatoms. The molecule has 0 bridgehead atoms. The van der Waals surface area contributed by atoms with Crippen LogP contribution in [0.3, 0.4) is 0 Å². The fourth-order valence-corrected chi connectivity index (χ4v) is 8.01. The molecule has 4 heterocycles. The van der Waals surface area contributed by atoms with Crippen molar-refractivity contribution in [2.45, 2.75) is 75.2 Å². The molecule has 10 nitrogen and oxygen atoms in total. The van der Waals surface area contributed by atoms with Crippen molar-refractivity contribution < 1.29 is 50.2 Å². The summed E-state index contributed by atoms with van der Waals surface area (Å²) in [6.45, 7) is 3.45. The molecule has 0 aliphatic carbocycles. The van der Waals surface area contributed by atoms with Crippen LogP contribution in [0.2, 0.25) is 0 Å². The summed E-state index contributed by atoms with van der Waals surface area (Å²) in [4.78, 5) is 47.5. The van der Waals surface area contributed by atoms with Crippen LogP contribution >= 0.6 is 0 Å². The molecule has 3 saturated heterocycles. The van der Waals surface area contributed by atoms with Gasteiger partial charge in [0.25, 0.3) is 0 Å². The molecule has 278 valence electrons. The highest BCUT2D eigenvalue weighted by molar-refractivity contribution is 5.91. The summed E-state index contributed by atoms with van der Waals surface area (Å²) in [5.41, 5.74) is -3.09. The van der Waals surface area contributed by atoms with Crippen LogP contribution in [0.5, 0.6) is 0 Å². The van der Waals surface area contributed by atoms with E-state index >= 15 is 0 Å². The maximum absolute atomic E-state index is 13.9. The van der Waals surface area contributed by atoms with E-state index in [0.29, 0.717) is 69.8 Å². The lowest BCUT2D eigenvalue weighted by molar-refractivity contribution is -0.143. The van der Waals surface area contributed by atoms with E-state index < -0.39 is 53.4 Å². The first-order valence-electron chi connectivity index (χ1n) is 17.2. The number of carbonyl (C=O) groups is 3. The molecule has 0 unspecified atom stereocenters. The molecule has 6 rings (SSSR count). The van der Waals surface area contributed by atoms with Crippen LogP contribution < -0.4 is 5.32 Å². The lowest BCUT2D eigenvalue weighted by Crippen LogP contribution is -2.70. The second-order valence-corrected chi connectivity index (χ2v) is 13.5. The number of urea groups is 1. The van der Waals surface area contributed by atoms with Gasteiger partial charge in [0.15, 0.2) is 0 Å². The van der Waals surface area contributed by atoms with Gasteiger partial charge in [-0.25, -0.2) is 9.59 Å². The lowest BCUT2D eigenvalue weighted by atomic mass is 9.84. The topological polar surface area (TPSA) is 94.7 Å². The molecule has 4 aliphatic heterocycles. The van der Waals surface area contributed by atoms with Crippen LogP contribution in [-0.2, 0) is 39.6 Å². The minimum absolute atomic E-state index is 0.0171. The molecule has 0 aromatic heterocycles. The molecule has 2 aromatic carbocycles. The summed E-state index contributed by atoms with van der Waals surface area (Å²) in [7, 11) is 0. The van der Waals surface area contributed by atoms with Gasteiger partial charge in [0.1, 0.15) is 18.6 Å². The molecule has 0 radical (unpaired) electrons. The van der Waals surface area contributed by atoms with Gasteiger partial charge in [-0.05, 0) is 61.1 Å². The Morgan fingerprint density at radius 1 is 0.902 bits per heavy atom. The number of aldehydes is 1. The number of halogens is 6. The molecule has 0 spiro atoms. The summed E-state index contributed by atoms with van der Waals surface area (Å²) in [6, 6.07) is 8.12. The molecule has 4 aliphatic rings. The van der Waals surface area contributed by atoms with E-state index in [0.717, 1.165) is 31.5 Å². The Labute approximate surface area is 291 Å². The first-order chi connectivity index (χ1) is 24.3. The standard InChI is InChI=1S/C35H41F6N5O5/c36-34(37,38)26-19-24(20-27(21-26)35(39,40)41)23-51-32(49)46-13-8-29(45-12-5-25-3-1-2-4-30(25)42-31(45)48)22-33(46,9-16-47)44-10-6-28(7-11-44)43-14-17-50-18-15-43/h1-4,16,19-21,28-29H,5-15,17-18,22-23H2,(H,42,48)/t29-,33+/m1/s1. The zero-order chi connectivity index (χ0) is 36.4. The van der Waals surface area contributed by atoms with Gasteiger partial charge in [0.2, 0.25) is 0 Å². The summed E-state index contributed by atoms with van der Waals surface area (Å²) in [5.74, 6) is 0. The maximum Gasteiger partial charge on any atom is 0.416 e. The highest BCUT2D eigenvalue weighted by atomic mass is 19.4. The van der Waals surface area contributed by atoms with E-state index in [2.05, 4.69) is 15.1 Å². The number of benzene rings is 2. The van der Waals surface area contributed by atoms with Crippen LogP contribution in [0.25, 0.3) is 0 Å². The fourth-order valence-electron chi connectivity index (χ4n) is 8.01. The second-order valence-electron chi connectivity index (χ2n) is 13.5. The number of fused-ring (bicyclic) bond motifs is 1. The van der Waals surface area contributed by atoms with Gasteiger partial charge in [-0.3, -0.25) is 14.7 Å². The number of piperidine rings is 2. The number of amides is 3. The predicted octanol–water partition coefficient (Wildman–Crippen LogP) is 6.00. The molecule has 1 N–H and O–H groups in total. The number of carbonyl (C=O) groups excluding carboxylic acids is 3. The van der Waals surface area contributed by atoms with Gasteiger partial charge in [-0.15, -0.1) is 0 Å². The second kappa shape index (κ2) is 15.0. The number of hydrogen-bond donors (Lipinski definition) is 1. The smallest absolute Gasteiger partial charge is 0.416 e. The minimum atomic E-state index is -5.06. The molecule has 3 fully saturated rings. The SMILES string of the molecule is O=CC[C@@]1(N2CCC(N3CCOCC3)CC2)C[C@H](N2CCc3ccccc3NC2=O)CCN1C(=O)OCc1cc(C(F)(F)F)cc(C(F)(F)F)c1. The Hall–Kier alpha value is -3.89. The zero-order valence-corrected chi connectivity index (χ0v) is 28.0. The Bertz CT molecular complexity index is 1540. The van der Waals surface area contributed by atoms with E-state index in [-0.39, 0.29) is 37.5 Å². The Morgan fingerprint density at radius 3 is 2.20 bits per heavy atom. The average Bonchev–Trinajstić information content (AvgIpc) is 3.28. The third-order valence-electron chi connectivity index (χ3n) is 10.6. The lowest BCUT2D eigenvalue weighted by Gasteiger charge is -2.57. The van der Waals surface area contributed by atoms with Crippen molar-refractivity contribution in [2.75, 3.05) is 57.8 Å². The number of nitrogens with one attached hydrogen (secondary N) is 1. The minimum Gasteiger partial charge on any atom is -0.445 e. The zero-order valence-electron chi connectivity index (χ0n) is 28.0. The van der Waals surface area contributed by atoms with Crippen molar-refractivity contribution in [3.8, 4) is 0 Å². The quantitative estimate of drug-likeness (QED) is 0.277. The van der Waals surface area contributed by atoms with Gasteiger partial charge in [-0.2, -0.15) is 26.3 Å². The third kappa shape index (κ3) is 8.12. The van der Waals surface area contributed by atoms with E-state index in [4.69, 9.17) is 9.47 Å². The van der Waals surface area contributed by atoms with Crippen LogP contribution in [0.15, 0.2) is 42.5 Å². The van der Waals surface area contributed by atoms with Crippen molar-refractivity contribution in [1.29, 1.82) is 0 Å². The Morgan fingerprint density at radius 2 is 1.55 bits per heavy atom. The van der Waals surface area contributed by atoms with Crippen LogP contribution in [0.4, 0.5) is 41.6 Å². The van der Waals surface area contributed by atoms with Gasteiger partial charge in [0.05, 0.1) is 24.3 Å². The van der Waals surface area contributed by atoms with Crippen LogP contribution in [-0.4, -0.2) is 108 Å². The molecular weight excluding hydrogens is 684 g/mol. The highest BCUT2D eigenvalue weighted by Crippen LogP contribution is 2.41. The molecule has 2 aromatic rings. The average molecular weight is 726 g/mol. The maximum atomic E-state index is 13.9. The van der Waals surface area contributed by atoms with Gasteiger partial charge in [0, 0.05) is 69.9 Å². The summed E-state index contributed by atoms with van der Waals surface area (Å²) >= 11 is 0. The normalized spacial score (nSPS) is 24.4. The first-order valence-corrected chi connectivity index (χ1v) is 17.2. The van der Waals surface area contributed by atoms with E-state index in [9.17, 15) is 40.7 Å². The fraction of sp³-hybridized carbons (Fsp3) is 0.571. The number of anilines is 1. The van der Waals surface area contributed by atoms with Crippen molar-refractivity contribution in [2.24, 2.45) is 0 Å². The number of hydrogen-bond acceptors (Lipinski definition) is 7.